The van der Waals surface area contributed by atoms with Crippen molar-refractivity contribution in [3.8, 4) is 0 Å². The normalized spacial score (nSPS) is 31.7. The van der Waals surface area contributed by atoms with Gasteiger partial charge in [0, 0.05) is 64.5 Å². The number of carbonyl (C=O) groups is 4. The zero-order chi connectivity index (χ0) is 34.7. The van der Waals surface area contributed by atoms with Crippen LogP contribution in [0.25, 0.3) is 0 Å². The molecule has 3 aliphatic rings. The molecule has 2 N–H and O–H groups in total. The summed E-state index contributed by atoms with van der Waals surface area (Å²) in [6.45, 7) is 12.2. The summed E-state index contributed by atoms with van der Waals surface area (Å²) in [4.78, 5) is 55.0. The van der Waals surface area contributed by atoms with Crippen molar-refractivity contribution in [2.75, 3.05) is 47.5 Å². The first-order valence-corrected chi connectivity index (χ1v) is 16.5. The highest BCUT2D eigenvalue weighted by Gasteiger charge is 2.34. The van der Waals surface area contributed by atoms with E-state index in [1.165, 1.54) is 20.1 Å². The molecule has 11 nitrogen and oxygen atoms in total. The number of Topliss-reactive ketones (excluding diaryl/α,β-unsaturated/α-hetero) is 1. The maximum atomic E-state index is 13.9. The highest BCUT2D eigenvalue weighted by molar-refractivity contribution is 6.23. The van der Waals surface area contributed by atoms with Gasteiger partial charge in [0.25, 0.3) is 5.91 Å². The Hall–Kier alpha value is -3.38. The molecule has 0 saturated carbocycles. The molecule has 6 atom stereocenters. The summed E-state index contributed by atoms with van der Waals surface area (Å²) in [5.41, 5.74) is 1.65. The van der Waals surface area contributed by atoms with E-state index in [9.17, 15) is 19.2 Å². The van der Waals surface area contributed by atoms with Crippen LogP contribution in [0.3, 0.4) is 0 Å². The molecular formula is C36H53N3O8. The molecule has 1 amide bonds. The van der Waals surface area contributed by atoms with Crippen LogP contribution in [0.2, 0.25) is 0 Å². The quantitative estimate of drug-likeness (QED) is 0.227. The van der Waals surface area contributed by atoms with Gasteiger partial charge in [0.1, 0.15) is 6.10 Å². The molecule has 2 heterocycles. The van der Waals surface area contributed by atoms with Crippen molar-refractivity contribution in [3.05, 3.63) is 58.5 Å². The number of likely N-dealkylation sites (tertiary alicyclic amines) is 1. The first-order valence-electron chi connectivity index (χ1n) is 16.5. The molecule has 260 valence electrons. The first-order chi connectivity index (χ1) is 22.4. The number of hydrogen-bond acceptors (Lipinski definition) is 10. The molecule has 1 aliphatic carbocycles. The van der Waals surface area contributed by atoms with Gasteiger partial charge < -0.3 is 34.5 Å². The van der Waals surface area contributed by atoms with Crippen LogP contribution >= 0.6 is 0 Å². The van der Waals surface area contributed by atoms with Gasteiger partial charge >= 0.3 is 5.97 Å². The summed E-state index contributed by atoms with van der Waals surface area (Å²) >= 11 is 0. The highest BCUT2D eigenvalue weighted by Crippen LogP contribution is 2.29. The van der Waals surface area contributed by atoms with E-state index >= 15 is 0 Å². The van der Waals surface area contributed by atoms with E-state index in [1.807, 2.05) is 26.8 Å². The van der Waals surface area contributed by atoms with E-state index in [1.54, 1.807) is 39.4 Å². The predicted molar refractivity (Wildman–Crippen MR) is 179 cm³/mol. The lowest BCUT2D eigenvalue weighted by Crippen LogP contribution is -2.39. The summed E-state index contributed by atoms with van der Waals surface area (Å²) in [6, 6.07) is 0. The van der Waals surface area contributed by atoms with Gasteiger partial charge in [-0.25, -0.2) is 0 Å². The summed E-state index contributed by atoms with van der Waals surface area (Å²) < 4.78 is 23.3. The fourth-order valence-electron chi connectivity index (χ4n) is 6.53. The van der Waals surface area contributed by atoms with Crippen molar-refractivity contribution in [2.45, 2.75) is 84.7 Å². The van der Waals surface area contributed by atoms with Gasteiger partial charge in [-0.05, 0) is 64.1 Å². The monoisotopic (exact) mass is 655 g/mol. The van der Waals surface area contributed by atoms with E-state index in [0.717, 1.165) is 38.0 Å². The molecule has 6 unspecified atom stereocenters. The summed E-state index contributed by atoms with van der Waals surface area (Å²) in [5.74, 6) is -1.95. The molecule has 0 spiro atoms. The van der Waals surface area contributed by atoms with Gasteiger partial charge in [0.2, 0.25) is 11.6 Å². The number of methoxy groups -OCH3 is 3. The minimum atomic E-state index is -0.727. The number of hydrogen-bond donors (Lipinski definition) is 2. The van der Waals surface area contributed by atoms with Crippen LogP contribution in [-0.4, -0.2) is 100 Å². The lowest BCUT2D eigenvalue weighted by molar-refractivity contribution is -0.149. The van der Waals surface area contributed by atoms with Gasteiger partial charge in [-0.1, -0.05) is 38.2 Å². The predicted octanol–water partition coefficient (Wildman–Crippen LogP) is 3.57. The van der Waals surface area contributed by atoms with Crippen molar-refractivity contribution in [2.24, 2.45) is 11.8 Å². The molecule has 47 heavy (non-hydrogen) atoms. The molecule has 1 saturated heterocycles. The Kier molecular flexibility index (Phi) is 14.8. The maximum Gasteiger partial charge on any atom is 0.303 e. The zero-order valence-electron chi connectivity index (χ0n) is 29.2. The standard InChI is InChI=1S/C36H53N3O8/c1-22-18-27-32(37-14-17-39-15-9-10-16-39)29(41)21-28(33(27)42)38-36(43)23(2)12-11-13-30(44-6)35(47-26(5)40)25(4)20-24(3)34(46-8)31(19-22)45-7/h11-13,20-22,24,30-31,34-35,37H,9-10,14-19H2,1-8H3,(H,38,43)/b13-11-,23-12-,25-20-. The SMILES string of the molecule is COC1/C=C\C=C(\C)C(=O)NC2=CC(=O)C(NCCN3CCCC3)=C(CC(C)CC(OC)C(OC)C(C)/C=C(/C)C1OC(C)=O)C2=O. The van der Waals surface area contributed by atoms with Crippen LogP contribution in [0, 0.1) is 11.8 Å². The number of esters is 1. The highest BCUT2D eigenvalue weighted by atomic mass is 16.6. The molecular weight excluding hydrogens is 602 g/mol. The third-order valence-electron chi connectivity index (χ3n) is 9.01. The Bertz CT molecular complexity index is 1310. The number of nitrogens with one attached hydrogen (secondary N) is 2. The molecule has 3 rings (SSSR count). The molecule has 0 aromatic carbocycles. The zero-order valence-corrected chi connectivity index (χ0v) is 29.2. The number of amides is 1. The molecule has 11 heteroatoms. The molecule has 2 bridgehead atoms. The molecule has 0 radical (unpaired) electrons. The maximum absolute atomic E-state index is 13.9. The Labute approximate surface area is 279 Å². The van der Waals surface area contributed by atoms with Crippen LogP contribution in [0.15, 0.2) is 58.5 Å². The number of carbonyl (C=O) groups excluding carboxylic acids is 4. The van der Waals surface area contributed by atoms with Crippen molar-refractivity contribution in [3.63, 3.8) is 0 Å². The summed E-state index contributed by atoms with van der Waals surface area (Å²) in [5, 5.41) is 5.93. The third kappa shape index (κ3) is 10.6. The largest absolute Gasteiger partial charge is 0.455 e. The Morgan fingerprint density at radius 2 is 1.74 bits per heavy atom. The minimum absolute atomic E-state index is 0.0573. The number of nitrogens with zero attached hydrogens (tertiary/aromatic N) is 1. The summed E-state index contributed by atoms with van der Waals surface area (Å²) in [7, 11) is 4.77. The van der Waals surface area contributed by atoms with Crippen molar-refractivity contribution in [1.82, 2.24) is 15.5 Å². The second-order valence-electron chi connectivity index (χ2n) is 12.8. The second-order valence-corrected chi connectivity index (χ2v) is 12.8. The number of allylic oxidation sites excluding steroid dienone is 4. The Morgan fingerprint density at radius 3 is 2.36 bits per heavy atom. The van der Waals surface area contributed by atoms with Crippen molar-refractivity contribution >= 4 is 23.4 Å². The van der Waals surface area contributed by atoms with Crippen molar-refractivity contribution in [1.29, 1.82) is 0 Å². The number of rotatable bonds is 8. The van der Waals surface area contributed by atoms with Crippen LogP contribution in [0.4, 0.5) is 0 Å². The summed E-state index contributed by atoms with van der Waals surface area (Å²) in [6.07, 6.45) is 9.16. The molecule has 2 aliphatic heterocycles. The van der Waals surface area contributed by atoms with Gasteiger partial charge in [-0.3, -0.25) is 19.2 Å². The second kappa shape index (κ2) is 18.2. The van der Waals surface area contributed by atoms with E-state index in [2.05, 4.69) is 15.5 Å². The number of ketones is 2. The lowest BCUT2D eigenvalue weighted by Gasteiger charge is -2.32. The number of fused-ring (bicyclic) bond motifs is 2. The lowest BCUT2D eigenvalue weighted by atomic mass is 9.85. The van der Waals surface area contributed by atoms with Gasteiger partial charge in [-0.15, -0.1) is 0 Å². The fourth-order valence-corrected chi connectivity index (χ4v) is 6.53. The van der Waals surface area contributed by atoms with E-state index in [0.29, 0.717) is 30.5 Å². The van der Waals surface area contributed by atoms with Crippen LogP contribution in [-0.2, 0) is 38.1 Å². The Morgan fingerprint density at radius 1 is 1.04 bits per heavy atom. The van der Waals surface area contributed by atoms with E-state index < -0.39 is 24.1 Å². The van der Waals surface area contributed by atoms with Crippen molar-refractivity contribution < 1.29 is 38.1 Å². The minimum Gasteiger partial charge on any atom is -0.455 e. The van der Waals surface area contributed by atoms with Crippen LogP contribution < -0.4 is 10.6 Å². The van der Waals surface area contributed by atoms with Gasteiger partial charge in [0.05, 0.1) is 23.6 Å². The van der Waals surface area contributed by atoms with Crippen LogP contribution in [0.5, 0.6) is 0 Å². The third-order valence-corrected chi connectivity index (χ3v) is 9.01. The topological polar surface area (TPSA) is 132 Å². The molecule has 1 fully saturated rings. The molecule has 0 aromatic heterocycles. The van der Waals surface area contributed by atoms with E-state index in [-0.39, 0.29) is 47.0 Å². The first kappa shape index (κ1) is 38.1. The average molecular weight is 656 g/mol. The van der Waals surface area contributed by atoms with E-state index in [4.69, 9.17) is 18.9 Å². The average Bonchev–Trinajstić information content (AvgIpc) is 3.54. The van der Waals surface area contributed by atoms with Gasteiger partial charge in [-0.2, -0.15) is 0 Å². The van der Waals surface area contributed by atoms with Crippen LogP contribution in [0.1, 0.15) is 60.3 Å². The smallest absolute Gasteiger partial charge is 0.303 e. The Balaban J connectivity index is 2.04. The molecule has 0 aromatic rings. The fraction of sp³-hybridized carbons (Fsp3) is 0.611. The number of ether oxygens (including phenoxy) is 4. The van der Waals surface area contributed by atoms with Gasteiger partial charge in [0.15, 0.2) is 6.10 Å².